The molecule has 2 aromatic rings. The van der Waals surface area contributed by atoms with Crippen LogP contribution in [0.4, 0.5) is 0 Å². The molecule has 2 rings (SSSR count). The standard InChI is InChI=1S/C18H22N2O4S/c1-14-8-9-17(15(2)12-14)25(22,23)20-11-10-19-18(21)13-24-16-6-4-3-5-7-16/h3-9,12,20H,10-11,13H2,1-2H3,(H,19,21). The number of para-hydroxylation sites is 1. The van der Waals surface area contributed by atoms with Crippen molar-refractivity contribution in [3.8, 4) is 5.75 Å². The van der Waals surface area contributed by atoms with Gasteiger partial charge in [0.25, 0.3) is 5.91 Å². The molecule has 0 saturated carbocycles. The lowest BCUT2D eigenvalue weighted by molar-refractivity contribution is -0.123. The highest BCUT2D eigenvalue weighted by Crippen LogP contribution is 2.15. The Kier molecular flexibility index (Phi) is 6.55. The Balaban J connectivity index is 1.75. The molecule has 0 aromatic heterocycles. The van der Waals surface area contributed by atoms with Crippen molar-refractivity contribution in [2.75, 3.05) is 19.7 Å². The molecule has 0 spiro atoms. The Morgan fingerprint density at radius 2 is 1.76 bits per heavy atom. The van der Waals surface area contributed by atoms with Crippen molar-refractivity contribution >= 4 is 15.9 Å². The summed E-state index contributed by atoms with van der Waals surface area (Å²) in [6, 6.07) is 14.1. The third-order valence-corrected chi connectivity index (χ3v) is 5.09. The van der Waals surface area contributed by atoms with Crippen LogP contribution in [0.5, 0.6) is 5.75 Å². The van der Waals surface area contributed by atoms with Crippen molar-refractivity contribution < 1.29 is 17.9 Å². The highest BCUT2D eigenvalue weighted by molar-refractivity contribution is 7.89. The van der Waals surface area contributed by atoms with E-state index in [1.54, 1.807) is 31.2 Å². The molecular weight excluding hydrogens is 340 g/mol. The van der Waals surface area contributed by atoms with Gasteiger partial charge in [-0.25, -0.2) is 13.1 Å². The molecule has 0 atom stereocenters. The van der Waals surface area contributed by atoms with E-state index >= 15 is 0 Å². The van der Waals surface area contributed by atoms with Gasteiger partial charge in [-0.05, 0) is 37.6 Å². The van der Waals surface area contributed by atoms with Gasteiger partial charge < -0.3 is 10.1 Å². The van der Waals surface area contributed by atoms with Gasteiger partial charge in [0.1, 0.15) is 5.75 Å². The third-order valence-electron chi connectivity index (χ3n) is 3.47. The van der Waals surface area contributed by atoms with E-state index < -0.39 is 10.0 Å². The number of ether oxygens (including phenoxy) is 1. The van der Waals surface area contributed by atoms with Crippen molar-refractivity contribution in [3.05, 3.63) is 59.7 Å². The minimum atomic E-state index is -3.59. The van der Waals surface area contributed by atoms with E-state index in [1.807, 2.05) is 31.2 Å². The first kappa shape index (κ1) is 19.0. The van der Waals surface area contributed by atoms with Crippen LogP contribution in [0.2, 0.25) is 0 Å². The number of aryl methyl sites for hydroxylation is 2. The molecular formula is C18H22N2O4S. The molecule has 25 heavy (non-hydrogen) atoms. The van der Waals surface area contributed by atoms with Gasteiger partial charge in [0, 0.05) is 13.1 Å². The number of nitrogens with one attached hydrogen (secondary N) is 2. The van der Waals surface area contributed by atoms with Gasteiger partial charge in [-0.1, -0.05) is 35.9 Å². The predicted molar refractivity (Wildman–Crippen MR) is 96.1 cm³/mol. The molecule has 0 unspecified atom stereocenters. The number of amides is 1. The lowest BCUT2D eigenvalue weighted by atomic mass is 10.2. The first-order chi connectivity index (χ1) is 11.9. The molecule has 0 saturated heterocycles. The molecule has 7 heteroatoms. The molecule has 2 aromatic carbocycles. The largest absolute Gasteiger partial charge is 0.484 e. The van der Waals surface area contributed by atoms with Crippen LogP contribution in [-0.2, 0) is 14.8 Å². The van der Waals surface area contributed by atoms with E-state index in [1.165, 1.54) is 0 Å². The Bertz CT molecular complexity index is 820. The summed E-state index contributed by atoms with van der Waals surface area (Å²) in [5.74, 6) is 0.294. The minimum Gasteiger partial charge on any atom is -0.484 e. The molecule has 134 valence electrons. The Hall–Kier alpha value is -2.38. The van der Waals surface area contributed by atoms with Crippen LogP contribution in [0.15, 0.2) is 53.4 Å². The molecule has 0 heterocycles. The number of carbonyl (C=O) groups is 1. The van der Waals surface area contributed by atoms with Crippen molar-refractivity contribution in [2.24, 2.45) is 0 Å². The highest BCUT2D eigenvalue weighted by Gasteiger charge is 2.16. The van der Waals surface area contributed by atoms with Gasteiger partial charge in [-0.15, -0.1) is 0 Å². The summed E-state index contributed by atoms with van der Waals surface area (Å²) >= 11 is 0. The predicted octanol–water partition coefficient (Wildman–Crippen LogP) is 1.78. The first-order valence-electron chi connectivity index (χ1n) is 7.90. The second-order valence-corrected chi connectivity index (χ2v) is 7.35. The van der Waals surface area contributed by atoms with E-state index in [0.717, 1.165) is 5.56 Å². The van der Waals surface area contributed by atoms with E-state index in [0.29, 0.717) is 11.3 Å². The smallest absolute Gasteiger partial charge is 0.257 e. The fourth-order valence-electron chi connectivity index (χ4n) is 2.28. The molecule has 0 aliphatic rings. The number of hydrogen-bond acceptors (Lipinski definition) is 4. The summed E-state index contributed by atoms with van der Waals surface area (Å²) in [7, 11) is -3.59. The Labute approximate surface area is 148 Å². The van der Waals surface area contributed by atoms with Crippen LogP contribution in [0.25, 0.3) is 0 Å². The normalized spacial score (nSPS) is 11.1. The maximum Gasteiger partial charge on any atom is 0.257 e. The SMILES string of the molecule is Cc1ccc(S(=O)(=O)NCCNC(=O)COc2ccccc2)c(C)c1. The van der Waals surface area contributed by atoms with E-state index in [2.05, 4.69) is 10.0 Å². The summed E-state index contributed by atoms with van der Waals surface area (Å²) in [5, 5.41) is 2.61. The number of rotatable bonds is 8. The van der Waals surface area contributed by atoms with E-state index in [-0.39, 0.29) is 30.5 Å². The van der Waals surface area contributed by atoms with Crippen LogP contribution in [0.3, 0.4) is 0 Å². The molecule has 0 bridgehead atoms. The maximum absolute atomic E-state index is 12.3. The van der Waals surface area contributed by atoms with Gasteiger partial charge in [0.15, 0.2) is 6.61 Å². The summed E-state index contributed by atoms with van der Waals surface area (Å²) in [6.45, 7) is 3.83. The van der Waals surface area contributed by atoms with Gasteiger partial charge >= 0.3 is 0 Å². The van der Waals surface area contributed by atoms with Gasteiger partial charge in [0.2, 0.25) is 10.0 Å². The summed E-state index contributed by atoms with van der Waals surface area (Å²) < 4.78 is 32.3. The molecule has 0 fully saturated rings. The Morgan fingerprint density at radius 3 is 2.44 bits per heavy atom. The zero-order chi connectivity index (χ0) is 18.3. The van der Waals surface area contributed by atoms with Crippen LogP contribution < -0.4 is 14.8 Å². The van der Waals surface area contributed by atoms with Gasteiger partial charge in [-0.2, -0.15) is 0 Å². The quantitative estimate of drug-likeness (QED) is 0.701. The maximum atomic E-state index is 12.3. The summed E-state index contributed by atoms with van der Waals surface area (Å²) in [5.41, 5.74) is 1.69. The molecule has 0 radical (unpaired) electrons. The molecule has 6 nitrogen and oxygen atoms in total. The van der Waals surface area contributed by atoms with Crippen LogP contribution in [0.1, 0.15) is 11.1 Å². The summed E-state index contributed by atoms with van der Waals surface area (Å²) in [4.78, 5) is 11.9. The molecule has 0 aliphatic carbocycles. The van der Waals surface area contributed by atoms with Gasteiger partial charge in [0.05, 0.1) is 4.90 Å². The van der Waals surface area contributed by atoms with Crippen molar-refractivity contribution in [2.45, 2.75) is 18.7 Å². The highest BCUT2D eigenvalue weighted by atomic mass is 32.2. The minimum absolute atomic E-state index is 0.104. The zero-order valence-electron chi connectivity index (χ0n) is 14.3. The fraction of sp³-hybridized carbons (Fsp3) is 0.278. The number of sulfonamides is 1. The number of hydrogen-bond donors (Lipinski definition) is 2. The number of carbonyl (C=O) groups excluding carboxylic acids is 1. The molecule has 2 N–H and O–H groups in total. The van der Waals surface area contributed by atoms with E-state index in [4.69, 9.17) is 4.74 Å². The van der Waals surface area contributed by atoms with Crippen LogP contribution in [-0.4, -0.2) is 34.0 Å². The molecule has 1 amide bonds. The van der Waals surface area contributed by atoms with Crippen LogP contribution >= 0.6 is 0 Å². The second kappa shape index (κ2) is 8.64. The zero-order valence-corrected chi connectivity index (χ0v) is 15.1. The third kappa shape index (κ3) is 5.88. The topological polar surface area (TPSA) is 84.5 Å². The second-order valence-electron chi connectivity index (χ2n) is 5.62. The molecule has 0 aliphatic heterocycles. The van der Waals surface area contributed by atoms with Crippen molar-refractivity contribution in [1.29, 1.82) is 0 Å². The van der Waals surface area contributed by atoms with E-state index in [9.17, 15) is 13.2 Å². The Morgan fingerprint density at radius 1 is 1.04 bits per heavy atom. The summed E-state index contributed by atoms with van der Waals surface area (Å²) in [6.07, 6.45) is 0. The van der Waals surface area contributed by atoms with Gasteiger partial charge in [-0.3, -0.25) is 4.79 Å². The average molecular weight is 362 g/mol. The first-order valence-corrected chi connectivity index (χ1v) is 9.38. The monoisotopic (exact) mass is 362 g/mol. The number of benzene rings is 2. The lowest BCUT2D eigenvalue weighted by Crippen LogP contribution is -2.36. The van der Waals surface area contributed by atoms with Crippen molar-refractivity contribution in [1.82, 2.24) is 10.0 Å². The fourth-order valence-corrected chi connectivity index (χ4v) is 3.54. The van der Waals surface area contributed by atoms with Crippen molar-refractivity contribution in [3.63, 3.8) is 0 Å². The lowest BCUT2D eigenvalue weighted by Gasteiger charge is -2.11. The average Bonchev–Trinajstić information content (AvgIpc) is 2.57. The van der Waals surface area contributed by atoms with Crippen LogP contribution in [0, 0.1) is 13.8 Å².